The van der Waals surface area contributed by atoms with Crippen LogP contribution in [0.15, 0.2) is 63.4 Å². The Morgan fingerprint density at radius 3 is 2.73 bits per heavy atom. The van der Waals surface area contributed by atoms with Gasteiger partial charge < -0.3 is 9.73 Å². The van der Waals surface area contributed by atoms with Crippen LogP contribution in [0.1, 0.15) is 5.89 Å². The molecule has 0 spiro atoms. The average Bonchev–Trinajstić information content (AvgIpc) is 3.30. The molecule has 0 bridgehead atoms. The lowest BCUT2D eigenvalue weighted by Crippen LogP contribution is -1.89. The Hall–Kier alpha value is -2.78. The van der Waals surface area contributed by atoms with Crippen molar-refractivity contribution in [3.63, 3.8) is 0 Å². The highest BCUT2D eigenvalue weighted by Gasteiger charge is 2.11. The van der Waals surface area contributed by atoms with E-state index in [2.05, 4.69) is 25.7 Å². The predicted molar refractivity (Wildman–Crippen MR) is 98.9 cm³/mol. The van der Waals surface area contributed by atoms with Gasteiger partial charge >= 0.3 is 0 Å². The third-order valence-electron chi connectivity index (χ3n) is 3.29. The molecule has 0 saturated carbocycles. The van der Waals surface area contributed by atoms with E-state index in [0.29, 0.717) is 28.4 Å². The summed E-state index contributed by atoms with van der Waals surface area (Å²) < 4.78 is 19.6. The van der Waals surface area contributed by atoms with Gasteiger partial charge in [0.15, 0.2) is 4.34 Å². The Morgan fingerprint density at radius 2 is 1.88 bits per heavy atom. The van der Waals surface area contributed by atoms with Crippen LogP contribution in [0.25, 0.3) is 11.5 Å². The lowest BCUT2D eigenvalue weighted by atomic mass is 10.2. The summed E-state index contributed by atoms with van der Waals surface area (Å²) in [4.78, 5) is 0. The van der Waals surface area contributed by atoms with Crippen LogP contribution in [0.4, 0.5) is 15.2 Å². The zero-order valence-corrected chi connectivity index (χ0v) is 14.9. The van der Waals surface area contributed by atoms with E-state index in [4.69, 9.17) is 4.42 Å². The quantitative estimate of drug-likeness (QED) is 0.479. The van der Waals surface area contributed by atoms with Crippen LogP contribution in [-0.2, 0) is 5.75 Å². The number of nitrogens with one attached hydrogen (secondary N) is 1. The molecule has 0 unspecified atom stereocenters. The van der Waals surface area contributed by atoms with Gasteiger partial charge in [-0.1, -0.05) is 47.4 Å². The SMILES string of the molecule is Fc1cccc(Nc2nnc(SCc3nnc(-c4ccccc4)o3)s2)c1. The molecular formula is C17H12FN5OS2. The minimum absolute atomic E-state index is 0.306. The first kappa shape index (κ1) is 16.7. The van der Waals surface area contributed by atoms with Gasteiger partial charge in [-0.15, -0.1) is 20.4 Å². The molecule has 4 rings (SSSR count). The van der Waals surface area contributed by atoms with Crippen molar-refractivity contribution in [2.24, 2.45) is 0 Å². The molecule has 0 amide bonds. The number of hydrogen-bond acceptors (Lipinski definition) is 8. The predicted octanol–water partition coefficient (Wildman–Crippen LogP) is 4.76. The molecule has 4 aromatic rings. The van der Waals surface area contributed by atoms with Gasteiger partial charge in [-0.05, 0) is 30.3 Å². The van der Waals surface area contributed by atoms with E-state index >= 15 is 0 Å². The van der Waals surface area contributed by atoms with Gasteiger partial charge in [-0.25, -0.2) is 4.39 Å². The molecule has 2 heterocycles. The fourth-order valence-corrected chi connectivity index (χ4v) is 3.75. The highest BCUT2D eigenvalue weighted by molar-refractivity contribution is 8.00. The molecule has 2 aromatic carbocycles. The second-order valence-corrected chi connectivity index (χ2v) is 7.36. The number of thioether (sulfide) groups is 1. The van der Waals surface area contributed by atoms with E-state index in [9.17, 15) is 4.39 Å². The van der Waals surface area contributed by atoms with Crippen molar-refractivity contribution >= 4 is 33.9 Å². The molecule has 0 fully saturated rings. The van der Waals surface area contributed by atoms with Gasteiger partial charge in [0.25, 0.3) is 0 Å². The zero-order valence-electron chi connectivity index (χ0n) is 13.3. The molecule has 6 nitrogen and oxygen atoms in total. The van der Waals surface area contributed by atoms with Crippen molar-refractivity contribution in [2.75, 3.05) is 5.32 Å². The van der Waals surface area contributed by atoms with E-state index in [1.54, 1.807) is 12.1 Å². The van der Waals surface area contributed by atoms with Crippen LogP contribution in [0.5, 0.6) is 0 Å². The normalized spacial score (nSPS) is 10.8. The van der Waals surface area contributed by atoms with Crippen LogP contribution in [0.3, 0.4) is 0 Å². The molecule has 0 aliphatic heterocycles. The number of rotatable bonds is 6. The zero-order chi connectivity index (χ0) is 17.8. The number of aromatic nitrogens is 4. The molecule has 26 heavy (non-hydrogen) atoms. The summed E-state index contributed by atoms with van der Waals surface area (Å²) in [5.74, 6) is 1.20. The van der Waals surface area contributed by atoms with Crippen LogP contribution >= 0.6 is 23.1 Å². The standard InChI is InChI=1S/C17H12FN5OS2/c18-12-7-4-8-13(9-12)19-16-22-23-17(26-16)25-10-14-20-21-15(24-14)11-5-2-1-3-6-11/h1-9H,10H2,(H,19,22). The fraction of sp³-hybridized carbons (Fsp3) is 0.0588. The summed E-state index contributed by atoms with van der Waals surface area (Å²) in [7, 11) is 0. The van der Waals surface area contributed by atoms with Crippen molar-refractivity contribution in [1.29, 1.82) is 0 Å². The van der Waals surface area contributed by atoms with Crippen LogP contribution in [0, 0.1) is 5.82 Å². The highest BCUT2D eigenvalue weighted by atomic mass is 32.2. The van der Waals surface area contributed by atoms with E-state index in [-0.39, 0.29) is 5.82 Å². The Labute approximate surface area is 156 Å². The van der Waals surface area contributed by atoms with Gasteiger partial charge in [-0.2, -0.15) is 0 Å². The Bertz CT molecular complexity index is 1010. The smallest absolute Gasteiger partial charge is 0.247 e. The van der Waals surface area contributed by atoms with Gasteiger partial charge in [0.2, 0.25) is 16.9 Å². The molecule has 130 valence electrons. The second kappa shape index (κ2) is 7.63. The molecule has 0 saturated heterocycles. The number of benzene rings is 2. The largest absolute Gasteiger partial charge is 0.420 e. The van der Waals surface area contributed by atoms with Crippen LogP contribution in [0.2, 0.25) is 0 Å². The number of halogens is 1. The number of anilines is 2. The topological polar surface area (TPSA) is 76.7 Å². The number of nitrogens with zero attached hydrogens (tertiary/aromatic N) is 4. The Kier molecular flexibility index (Phi) is 4.89. The summed E-state index contributed by atoms with van der Waals surface area (Å²) in [5.41, 5.74) is 1.51. The number of hydrogen-bond donors (Lipinski definition) is 1. The summed E-state index contributed by atoms with van der Waals surface area (Å²) in [5, 5.41) is 19.9. The van der Waals surface area contributed by atoms with E-state index < -0.39 is 0 Å². The lowest BCUT2D eigenvalue weighted by Gasteiger charge is -2.00. The van der Waals surface area contributed by atoms with Gasteiger partial charge in [-0.3, -0.25) is 0 Å². The first-order valence-electron chi connectivity index (χ1n) is 7.63. The van der Waals surface area contributed by atoms with Crippen molar-refractivity contribution in [1.82, 2.24) is 20.4 Å². The van der Waals surface area contributed by atoms with Crippen LogP contribution in [-0.4, -0.2) is 20.4 Å². The van der Waals surface area contributed by atoms with Crippen molar-refractivity contribution < 1.29 is 8.81 Å². The molecule has 0 atom stereocenters. The summed E-state index contributed by atoms with van der Waals surface area (Å²) in [6, 6.07) is 15.8. The first-order valence-corrected chi connectivity index (χ1v) is 9.43. The first-order chi connectivity index (χ1) is 12.8. The van der Waals surface area contributed by atoms with Crippen molar-refractivity contribution in [3.05, 3.63) is 66.3 Å². The second-order valence-electron chi connectivity index (χ2n) is 5.16. The highest BCUT2D eigenvalue weighted by Crippen LogP contribution is 2.30. The molecule has 0 aliphatic rings. The Balaban J connectivity index is 1.37. The van der Waals surface area contributed by atoms with Crippen molar-refractivity contribution in [2.45, 2.75) is 10.1 Å². The molecule has 9 heteroatoms. The maximum absolute atomic E-state index is 13.2. The third kappa shape index (κ3) is 4.06. The van der Waals surface area contributed by atoms with Gasteiger partial charge in [0.1, 0.15) is 5.82 Å². The molecule has 0 radical (unpaired) electrons. The summed E-state index contributed by atoms with van der Waals surface area (Å²) in [6.07, 6.45) is 0. The molecule has 1 N–H and O–H groups in total. The molecule has 2 aromatic heterocycles. The Morgan fingerprint density at radius 1 is 1.00 bits per heavy atom. The van der Waals surface area contributed by atoms with E-state index in [1.807, 2.05) is 30.3 Å². The summed E-state index contributed by atoms with van der Waals surface area (Å²) >= 11 is 2.82. The summed E-state index contributed by atoms with van der Waals surface area (Å²) in [6.45, 7) is 0. The van der Waals surface area contributed by atoms with E-state index in [1.165, 1.54) is 35.2 Å². The monoisotopic (exact) mass is 385 g/mol. The van der Waals surface area contributed by atoms with Crippen molar-refractivity contribution in [3.8, 4) is 11.5 Å². The minimum atomic E-state index is -0.306. The third-order valence-corrected chi connectivity index (χ3v) is 5.25. The average molecular weight is 385 g/mol. The lowest BCUT2D eigenvalue weighted by molar-refractivity contribution is 0.528. The van der Waals surface area contributed by atoms with Crippen LogP contribution < -0.4 is 5.32 Å². The maximum Gasteiger partial charge on any atom is 0.247 e. The molecule has 0 aliphatic carbocycles. The molecular weight excluding hydrogens is 373 g/mol. The van der Waals surface area contributed by atoms with Gasteiger partial charge in [0, 0.05) is 11.3 Å². The van der Waals surface area contributed by atoms with Gasteiger partial charge in [0.05, 0.1) is 5.75 Å². The minimum Gasteiger partial charge on any atom is -0.420 e. The van der Waals surface area contributed by atoms with E-state index in [0.717, 1.165) is 9.90 Å². The maximum atomic E-state index is 13.2. The fourth-order valence-electron chi connectivity index (χ4n) is 2.14.